The first-order valence-corrected chi connectivity index (χ1v) is 8.20. The Bertz CT molecular complexity index is 871. The molecule has 1 aromatic carbocycles. The maximum absolute atomic E-state index is 13.1. The molecule has 0 unspecified atom stereocenters. The van der Waals surface area contributed by atoms with Crippen molar-refractivity contribution in [2.45, 2.75) is 39.2 Å². The number of amides is 1. The zero-order valence-electron chi connectivity index (χ0n) is 14.1. The molecule has 1 aliphatic heterocycles. The number of hydrogen-bond acceptors (Lipinski definition) is 4. The topological polar surface area (TPSA) is 68.3 Å². The molecule has 5 nitrogen and oxygen atoms in total. The molecule has 2 bridgehead atoms. The Morgan fingerprint density at radius 1 is 1.17 bits per heavy atom. The standard InChI is InChI=1S/C19H20N2O3/c1-17(2)18(3)9-10-19(17,24-16(18)23)15(22)21-13-8-4-6-12-7-5-11-20-14(12)13/h4-8,11H,9-10H2,1-3H3,(H,21,22)/t18-,19+/m1/s1. The Labute approximate surface area is 140 Å². The lowest BCUT2D eigenvalue weighted by atomic mass is 9.66. The first-order chi connectivity index (χ1) is 11.3. The SMILES string of the molecule is CC1(C)[C@@]2(C(=O)Nc3cccc4cccnc34)CC[C@]1(C)C(=O)O2. The number of ether oxygens (including phenoxy) is 1. The monoisotopic (exact) mass is 324 g/mol. The molecule has 0 radical (unpaired) electrons. The van der Waals surface area contributed by atoms with Crippen LogP contribution in [0, 0.1) is 10.8 Å². The average Bonchev–Trinajstić information content (AvgIpc) is 2.85. The highest BCUT2D eigenvalue weighted by atomic mass is 16.6. The highest BCUT2D eigenvalue weighted by Gasteiger charge is 2.75. The quantitative estimate of drug-likeness (QED) is 0.861. The fourth-order valence-corrected chi connectivity index (χ4v) is 4.18. The minimum absolute atomic E-state index is 0.264. The number of pyridine rings is 1. The molecular weight excluding hydrogens is 304 g/mol. The molecule has 1 saturated heterocycles. The van der Waals surface area contributed by atoms with Crippen molar-refractivity contribution in [3.05, 3.63) is 36.5 Å². The summed E-state index contributed by atoms with van der Waals surface area (Å²) in [5, 5.41) is 3.91. The maximum Gasteiger partial charge on any atom is 0.313 e. The summed E-state index contributed by atoms with van der Waals surface area (Å²) in [4.78, 5) is 29.8. The number of carbonyl (C=O) groups is 2. The van der Waals surface area contributed by atoms with Crippen molar-refractivity contribution in [3.8, 4) is 0 Å². The van der Waals surface area contributed by atoms with Crippen LogP contribution in [0.25, 0.3) is 10.9 Å². The molecule has 1 saturated carbocycles. The van der Waals surface area contributed by atoms with Gasteiger partial charge in [0.25, 0.3) is 5.91 Å². The second kappa shape index (κ2) is 4.56. The van der Waals surface area contributed by atoms with Crippen LogP contribution in [-0.4, -0.2) is 22.5 Å². The summed E-state index contributed by atoms with van der Waals surface area (Å²) in [5.74, 6) is -0.537. The summed E-state index contributed by atoms with van der Waals surface area (Å²) in [6.07, 6.45) is 2.91. The van der Waals surface area contributed by atoms with E-state index in [0.29, 0.717) is 18.5 Å². The lowest BCUT2D eigenvalue weighted by Crippen LogP contribution is -2.50. The Kier molecular flexibility index (Phi) is 2.87. The maximum atomic E-state index is 13.1. The summed E-state index contributed by atoms with van der Waals surface area (Å²) in [5.41, 5.74) is -0.913. The van der Waals surface area contributed by atoms with Gasteiger partial charge in [-0.2, -0.15) is 0 Å². The number of benzene rings is 1. The van der Waals surface area contributed by atoms with E-state index in [-0.39, 0.29) is 11.9 Å². The van der Waals surface area contributed by atoms with Crippen molar-refractivity contribution >= 4 is 28.5 Å². The van der Waals surface area contributed by atoms with Crippen LogP contribution in [-0.2, 0) is 14.3 Å². The van der Waals surface area contributed by atoms with Crippen LogP contribution in [0.1, 0.15) is 33.6 Å². The van der Waals surface area contributed by atoms with Gasteiger partial charge >= 0.3 is 5.97 Å². The van der Waals surface area contributed by atoms with Gasteiger partial charge in [0.05, 0.1) is 16.6 Å². The number of fused-ring (bicyclic) bond motifs is 3. The normalized spacial score (nSPS) is 30.4. The fraction of sp³-hybridized carbons (Fsp3) is 0.421. The molecule has 2 aromatic rings. The van der Waals surface area contributed by atoms with Crippen molar-refractivity contribution in [1.82, 2.24) is 4.98 Å². The van der Waals surface area contributed by atoms with Crippen LogP contribution in [0.3, 0.4) is 0 Å². The number of anilines is 1. The van der Waals surface area contributed by atoms with Crippen molar-refractivity contribution in [2.75, 3.05) is 5.32 Å². The Balaban J connectivity index is 1.74. The van der Waals surface area contributed by atoms with Gasteiger partial charge in [-0.05, 0) is 31.9 Å². The van der Waals surface area contributed by atoms with Gasteiger partial charge in [0.2, 0.25) is 0 Å². The van der Waals surface area contributed by atoms with Crippen molar-refractivity contribution in [3.63, 3.8) is 0 Å². The zero-order chi connectivity index (χ0) is 17.2. The smallest absolute Gasteiger partial charge is 0.313 e. The van der Waals surface area contributed by atoms with Gasteiger partial charge in [0, 0.05) is 17.0 Å². The lowest BCUT2D eigenvalue weighted by Gasteiger charge is -2.35. The largest absolute Gasteiger partial charge is 0.448 e. The number of para-hydroxylation sites is 1. The number of hydrogen-bond donors (Lipinski definition) is 1. The molecule has 24 heavy (non-hydrogen) atoms. The van der Waals surface area contributed by atoms with Gasteiger partial charge in [0.15, 0.2) is 5.60 Å². The van der Waals surface area contributed by atoms with Crippen molar-refractivity contribution < 1.29 is 14.3 Å². The second-order valence-corrected chi connectivity index (χ2v) is 7.51. The van der Waals surface area contributed by atoms with E-state index in [9.17, 15) is 9.59 Å². The third-order valence-corrected chi connectivity index (χ3v) is 6.33. The number of carbonyl (C=O) groups excluding carboxylic acids is 2. The molecule has 2 heterocycles. The Hall–Kier alpha value is -2.43. The van der Waals surface area contributed by atoms with Gasteiger partial charge in [-0.25, -0.2) is 0 Å². The van der Waals surface area contributed by atoms with Gasteiger partial charge in [0.1, 0.15) is 0 Å². The van der Waals surface area contributed by atoms with Crippen molar-refractivity contribution in [1.29, 1.82) is 0 Å². The molecule has 124 valence electrons. The van der Waals surface area contributed by atoms with Crippen LogP contribution >= 0.6 is 0 Å². The van der Waals surface area contributed by atoms with E-state index in [2.05, 4.69) is 10.3 Å². The fourth-order valence-electron chi connectivity index (χ4n) is 4.18. The molecular formula is C19H20N2O3. The van der Waals surface area contributed by atoms with E-state index in [1.54, 1.807) is 6.20 Å². The third-order valence-electron chi connectivity index (χ3n) is 6.33. The first-order valence-electron chi connectivity index (χ1n) is 8.20. The summed E-state index contributed by atoms with van der Waals surface area (Å²) in [7, 11) is 0. The molecule has 1 amide bonds. The summed E-state index contributed by atoms with van der Waals surface area (Å²) >= 11 is 0. The predicted molar refractivity (Wildman–Crippen MR) is 90.3 cm³/mol. The van der Waals surface area contributed by atoms with E-state index >= 15 is 0 Å². The molecule has 2 fully saturated rings. The number of nitrogens with one attached hydrogen (secondary N) is 1. The second-order valence-electron chi connectivity index (χ2n) is 7.51. The number of aromatic nitrogens is 1. The van der Waals surface area contributed by atoms with E-state index in [1.165, 1.54) is 0 Å². The van der Waals surface area contributed by atoms with E-state index in [1.807, 2.05) is 51.1 Å². The van der Waals surface area contributed by atoms with Crippen LogP contribution in [0.15, 0.2) is 36.5 Å². The first kappa shape index (κ1) is 15.1. The highest BCUT2D eigenvalue weighted by Crippen LogP contribution is 2.65. The van der Waals surface area contributed by atoms with Crippen LogP contribution in [0.5, 0.6) is 0 Å². The van der Waals surface area contributed by atoms with Crippen LogP contribution < -0.4 is 5.32 Å². The third kappa shape index (κ3) is 1.62. The molecule has 0 spiro atoms. The minimum atomic E-state index is -1.12. The summed E-state index contributed by atoms with van der Waals surface area (Å²) < 4.78 is 5.64. The van der Waals surface area contributed by atoms with Gasteiger partial charge in [-0.15, -0.1) is 0 Å². The molecule has 1 N–H and O–H groups in total. The zero-order valence-corrected chi connectivity index (χ0v) is 14.1. The lowest BCUT2D eigenvalue weighted by molar-refractivity contribution is -0.165. The molecule has 5 heteroatoms. The van der Waals surface area contributed by atoms with Gasteiger partial charge in [-0.3, -0.25) is 14.6 Å². The Morgan fingerprint density at radius 2 is 1.92 bits per heavy atom. The number of nitrogens with zero attached hydrogens (tertiary/aromatic N) is 1. The molecule has 1 aliphatic carbocycles. The highest BCUT2D eigenvalue weighted by molar-refractivity contribution is 6.07. The predicted octanol–water partition coefficient (Wildman–Crippen LogP) is 3.30. The van der Waals surface area contributed by atoms with Crippen LogP contribution in [0.2, 0.25) is 0 Å². The van der Waals surface area contributed by atoms with Crippen LogP contribution in [0.4, 0.5) is 5.69 Å². The van der Waals surface area contributed by atoms with Gasteiger partial charge < -0.3 is 10.1 Å². The van der Waals surface area contributed by atoms with Gasteiger partial charge in [-0.1, -0.05) is 32.0 Å². The molecule has 1 aromatic heterocycles. The van der Waals surface area contributed by atoms with E-state index in [4.69, 9.17) is 4.74 Å². The van der Waals surface area contributed by atoms with E-state index < -0.39 is 16.4 Å². The molecule has 4 rings (SSSR count). The number of esters is 1. The summed E-state index contributed by atoms with van der Waals surface area (Å²) in [6, 6.07) is 9.45. The van der Waals surface area contributed by atoms with Crippen molar-refractivity contribution in [2.24, 2.45) is 10.8 Å². The molecule has 2 aliphatic rings. The molecule has 2 atom stereocenters. The Morgan fingerprint density at radius 3 is 2.58 bits per heavy atom. The summed E-state index contributed by atoms with van der Waals surface area (Å²) in [6.45, 7) is 5.80. The minimum Gasteiger partial charge on any atom is -0.448 e. The van der Waals surface area contributed by atoms with E-state index in [0.717, 1.165) is 10.9 Å². The average molecular weight is 324 g/mol. The number of rotatable bonds is 2.